The van der Waals surface area contributed by atoms with Gasteiger partial charge in [0, 0.05) is 26.6 Å². The molecule has 23 heavy (non-hydrogen) atoms. The lowest BCUT2D eigenvalue weighted by Gasteiger charge is -2.18. The average molecular weight is 321 g/mol. The van der Waals surface area contributed by atoms with Crippen molar-refractivity contribution in [1.82, 2.24) is 14.0 Å². The number of rotatable bonds is 7. The number of nitrogens with two attached hydrogens (primary N) is 1. The number of nitrogens with zero attached hydrogens (tertiary/aromatic N) is 4. The second kappa shape index (κ2) is 7.74. The Kier molecular flexibility index (Phi) is 6.28. The standard InChI is InChI=1S/C15H23N5O3/c1-10(2)8-20-13(17)12(14(22)19(4)15(20)23)11(21)9-18(3)7-5-6-16/h10H,5,7-9,17H2,1-4H3. The van der Waals surface area contributed by atoms with Crippen LogP contribution >= 0.6 is 0 Å². The molecule has 0 aliphatic heterocycles. The average Bonchev–Trinajstić information content (AvgIpc) is 2.47. The molecule has 1 heterocycles. The highest BCUT2D eigenvalue weighted by molar-refractivity contribution is 6.01. The Morgan fingerprint density at radius 3 is 2.52 bits per heavy atom. The van der Waals surface area contributed by atoms with Crippen molar-refractivity contribution >= 4 is 11.6 Å². The van der Waals surface area contributed by atoms with Crippen LogP contribution in [0.15, 0.2) is 9.59 Å². The molecule has 2 N–H and O–H groups in total. The Bertz CT molecular complexity index is 739. The zero-order chi connectivity index (χ0) is 17.7. The summed E-state index contributed by atoms with van der Waals surface area (Å²) in [6.07, 6.45) is 0.282. The predicted octanol–water partition coefficient (Wildman–Crippen LogP) is -0.187. The number of aromatic nitrogens is 2. The molecule has 0 aromatic carbocycles. The van der Waals surface area contributed by atoms with E-state index in [0.29, 0.717) is 13.1 Å². The van der Waals surface area contributed by atoms with E-state index in [0.717, 1.165) is 4.57 Å². The van der Waals surface area contributed by atoms with Gasteiger partial charge in [-0.2, -0.15) is 5.26 Å². The first-order chi connectivity index (χ1) is 10.7. The van der Waals surface area contributed by atoms with Gasteiger partial charge >= 0.3 is 5.69 Å². The first kappa shape index (κ1) is 18.6. The topological polar surface area (TPSA) is 114 Å². The van der Waals surface area contributed by atoms with E-state index in [1.54, 1.807) is 11.9 Å². The van der Waals surface area contributed by atoms with Crippen LogP contribution in [-0.2, 0) is 13.6 Å². The zero-order valence-electron chi connectivity index (χ0n) is 14.0. The number of Topliss-reactive ketones (excluding diaryl/α,β-unsaturated/α-hetero) is 1. The largest absolute Gasteiger partial charge is 0.384 e. The third-order valence-electron chi connectivity index (χ3n) is 3.43. The van der Waals surface area contributed by atoms with Gasteiger partial charge in [0.05, 0.1) is 12.6 Å². The summed E-state index contributed by atoms with van der Waals surface area (Å²) in [5.74, 6) is -0.416. The van der Waals surface area contributed by atoms with Gasteiger partial charge in [-0.3, -0.25) is 23.6 Å². The molecule has 0 aliphatic carbocycles. The molecule has 0 amide bonds. The summed E-state index contributed by atoms with van der Waals surface area (Å²) in [5, 5.41) is 8.57. The minimum Gasteiger partial charge on any atom is -0.384 e. The van der Waals surface area contributed by atoms with Crippen molar-refractivity contribution in [2.45, 2.75) is 26.8 Å². The molecule has 0 atom stereocenters. The van der Waals surface area contributed by atoms with E-state index in [1.165, 1.54) is 11.6 Å². The minimum absolute atomic E-state index is 0.0407. The number of nitrogen functional groups attached to an aromatic ring is 1. The Morgan fingerprint density at radius 2 is 2.00 bits per heavy atom. The minimum atomic E-state index is -0.689. The monoisotopic (exact) mass is 321 g/mol. The molecule has 0 saturated carbocycles. The Morgan fingerprint density at radius 1 is 1.39 bits per heavy atom. The van der Waals surface area contributed by atoms with Crippen molar-refractivity contribution in [1.29, 1.82) is 5.26 Å². The number of carbonyl (C=O) groups excluding carboxylic acids is 1. The number of hydrogen-bond donors (Lipinski definition) is 1. The van der Waals surface area contributed by atoms with Gasteiger partial charge in [0.2, 0.25) is 0 Å². The van der Waals surface area contributed by atoms with Crippen LogP contribution in [0.3, 0.4) is 0 Å². The molecule has 126 valence electrons. The van der Waals surface area contributed by atoms with E-state index in [1.807, 2.05) is 19.9 Å². The molecule has 1 aromatic heterocycles. The van der Waals surface area contributed by atoms with Crippen molar-refractivity contribution in [2.75, 3.05) is 25.9 Å². The summed E-state index contributed by atoms with van der Waals surface area (Å²) in [4.78, 5) is 38.5. The van der Waals surface area contributed by atoms with Crippen LogP contribution in [0, 0.1) is 17.2 Å². The lowest BCUT2D eigenvalue weighted by Crippen LogP contribution is -2.44. The lowest BCUT2D eigenvalue weighted by molar-refractivity contribution is 0.0945. The maximum atomic E-state index is 12.4. The van der Waals surface area contributed by atoms with Gasteiger partial charge in [-0.1, -0.05) is 13.8 Å². The van der Waals surface area contributed by atoms with Gasteiger partial charge in [-0.15, -0.1) is 0 Å². The molecule has 1 aromatic rings. The predicted molar refractivity (Wildman–Crippen MR) is 87.3 cm³/mol. The molecular formula is C15H23N5O3. The molecule has 0 spiro atoms. The van der Waals surface area contributed by atoms with Gasteiger partial charge in [0.15, 0.2) is 5.78 Å². The van der Waals surface area contributed by atoms with E-state index in [-0.39, 0.29) is 30.3 Å². The highest BCUT2D eigenvalue weighted by Gasteiger charge is 2.22. The second-order valence-electron chi connectivity index (χ2n) is 5.98. The zero-order valence-corrected chi connectivity index (χ0v) is 14.0. The van der Waals surface area contributed by atoms with Crippen molar-refractivity contribution in [2.24, 2.45) is 13.0 Å². The fourth-order valence-electron chi connectivity index (χ4n) is 2.23. The fraction of sp³-hybridized carbons (Fsp3) is 0.600. The van der Waals surface area contributed by atoms with Crippen LogP contribution in [0.1, 0.15) is 30.6 Å². The van der Waals surface area contributed by atoms with Crippen LogP contribution in [0.25, 0.3) is 0 Å². The maximum absolute atomic E-state index is 12.4. The lowest BCUT2D eigenvalue weighted by atomic mass is 10.1. The van der Waals surface area contributed by atoms with Crippen LogP contribution < -0.4 is 17.0 Å². The van der Waals surface area contributed by atoms with Gasteiger partial charge in [0.25, 0.3) is 5.56 Å². The van der Waals surface area contributed by atoms with E-state index in [4.69, 9.17) is 11.0 Å². The molecular weight excluding hydrogens is 298 g/mol. The van der Waals surface area contributed by atoms with Crippen molar-refractivity contribution in [3.8, 4) is 6.07 Å². The molecule has 8 heteroatoms. The van der Waals surface area contributed by atoms with E-state index in [2.05, 4.69) is 0 Å². The highest BCUT2D eigenvalue weighted by Crippen LogP contribution is 2.09. The fourth-order valence-corrected chi connectivity index (χ4v) is 2.23. The Labute approximate surface area is 134 Å². The molecule has 1 rings (SSSR count). The highest BCUT2D eigenvalue weighted by atomic mass is 16.2. The Balaban J connectivity index is 3.28. The van der Waals surface area contributed by atoms with Crippen LogP contribution in [0.4, 0.5) is 5.82 Å². The van der Waals surface area contributed by atoms with E-state index in [9.17, 15) is 14.4 Å². The maximum Gasteiger partial charge on any atom is 0.332 e. The molecule has 8 nitrogen and oxygen atoms in total. The molecule has 0 bridgehead atoms. The third-order valence-corrected chi connectivity index (χ3v) is 3.43. The Hall–Kier alpha value is -2.40. The normalized spacial score (nSPS) is 11.0. The molecule has 0 saturated heterocycles. The van der Waals surface area contributed by atoms with E-state index >= 15 is 0 Å². The number of nitriles is 1. The summed E-state index contributed by atoms with van der Waals surface area (Å²) >= 11 is 0. The molecule has 0 unspecified atom stereocenters. The summed E-state index contributed by atoms with van der Waals surface area (Å²) in [5.41, 5.74) is 4.55. The smallest absolute Gasteiger partial charge is 0.332 e. The molecule has 0 fully saturated rings. The van der Waals surface area contributed by atoms with Gasteiger partial charge in [-0.05, 0) is 13.0 Å². The number of anilines is 1. The van der Waals surface area contributed by atoms with Crippen LogP contribution in [0.2, 0.25) is 0 Å². The van der Waals surface area contributed by atoms with Crippen molar-refractivity contribution in [3.63, 3.8) is 0 Å². The first-order valence-corrected chi connectivity index (χ1v) is 7.38. The summed E-state index contributed by atoms with van der Waals surface area (Å²) < 4.78 is 2.16. The quantitative estimate of drug-likeness (QED) is 0.696. The number of ketones is 1. The SMILES string of the molecule is CC(C)Cn1c(N)c(C(=O)CN(C)CCC#N)c(=O)n(C)c1=O. The van der Waals surface area contributed by atoms with Crippen LogP contribution in [0.5, 0.6) is 0 Å². The summed E-state index contributed by atoms with van der Waals surface area (Å²) in [7, 11) is 3.01. The number of hydrogen-bond acceptors (Lipinski definition) is 6. The van der Waals surface area contributed by atoms with Gasteiger partial charge in [-0.25, -0.2) is 4.79 Å². The molecule has 0 aliphatic rings. The van der Waals surface area contributed by atoms with Crippen molar-refractivity contribution < 1.29 is 4.79 Å². The van der Waals surface area contributed by atoms with E-state index < -0.39 is 17.0 Å². The van der Waals surface area contributed by atoms with Crippen LogP contribution in [-0.4, -0.2) is 40.0 Å². The van der Waals surface area contributed by atoms with Gasteiger partial charge < -0.3 is 5.73 Å². The second-order valence-corrected chi connectivity index (χ2v) is 5.98. The number of carbonyl (C=O) groups is 1. The summed E-state index contributed by atoms with van der Waals surface area (Å²) in [6.45, 7) is 4.51. The number of likely N-dealkylation sites (N-methyl/N-ethyl adjacent to an activating group) is 1. The van der Waals surface area contributed by atoms with Gasteiger partial charge in [0.1, 0.15) is 11.4 Å². The molecule has 0 radical (unpaired) electrons. The summed E-state index contributed by atoms with van der Waals surface area (Å²) in [6, 6.07) is 1.99. The third kappa shape index (κ3) is 4.29. The van der Waals surface area contributed by atoms with Crippen molar-refractivity contribution in [3.05, 3.63) is 26.4 Å². The first-order valence-electron chi connectivity index (χ1n) is 7.38.